The Morgan fingerprint density at radius 1 is 1.38 bits per heavy atom. The molecule has 0 radical (unpaired) electrons. The number of carbonyl (C=O) groups is 1. The number of aliphatic carboxylic acids is 1. The molecule has 2 rings (SSSR count). The van der Waals surface area contributed by atoms with Gasteiger partial charge in [0.1, 0.15) is 0 Å². The summed E-state index contributed by atoms with van der Waals surface area (Å²) in [7, 11) is 0. The van der Waals surface area contributed by atoms with Crippen molar-refractivity contribution in [2.75, 3.05) is 0 Å². The van der Waals surface area contributed by atoms with Crippen molar-refractivity contribution in [2.24, 2.45) is 0 Å². The van der Waals surface area contributed by atoms with Crippen molar-refractivity contribution in [2.45, 2.75) is 13.0 Å². The molecule has 1 aromatic heterocycles. The Bertz CT molecular complexity index is 589. The molecular weight excluding hydrogens is 208 g/mol. The molecule has 0 amide bonds. The van der Waals surface area contributed by atoms with Crippen LogP contribution in [0.5, 0.6) is 0 Å². The largest absolute Gasteiger partial charge is 0.481 e. The quantitative estimate of drug-likeness (QED) is 0.829. The van der Waals surface area contributed by atoms with Crippen molar-refractivity contribution < 1.29 is 9.90 Å². The number of hydrogen-bond donors (Lipinski definition) is 1. The predicted molar refractivity (Wildman–Crippen MR) is 58.3 cm³/mol. The normalized spacial score (nSPS) is 10.5. The summed E-state index contributed by atoms with van der Waals surface area (Å²) in [5.41, 5.74) is 0.295. The molecule has 0 unspecified atom stereocenters. The molecular formula is C11H10N2O3. The van der Waals surface area contributed by atoms with Crippen LogP contribution < -0.4 is 5.69 Å². The molecule has 1 aromatic carbocycles. The van der Waals surface area contributed by atoms with Crippen molar-refractivity contribution in [3.63, 3.8) is 0 Å². The van der Waals surface area contributed by atoms with Crippen molar-refractivity contribution in [1.82, 2.24) is 9.55 Å². The van der Waals surface area contributed by atoms with Gasteiger partial charge in [0.25, 0.3) is 0 Å². The van der Waals surface area contributed by atoms with E-state index in [1.165, 1.54) is 10.8 Å². The first-order valence-electron chi connectivity index (χ1n) is 4.85. The number of benzene rings is 1. The third-order valence-corrected chi connectivity index (χ3v) is 2.32. The Balaban J connectivity index is 2.53. The van der Waals surface area contributed by atoms with Gasteiger partial charge in [-0.05, 0) is 6.07 Å². The molecule has 0 bridgehead atoms. The molecule has 0 fully saturated rings. The molecule has 0 aliphatic carbocycles. The van der Waals surface area contributed by atoms with Gasteiger partial charge >= 0.3 is 11.7 Å². The average Bonchev–Trinajstić information content (AvgIpc) is 2.27. The van der Waals surface area contributed by atoms with Crippen molar-refractivity contribution in [1.29, 1.82) is 0 Å². The molecule has 0 atom stereocenters. The lowest BCUT2D eigenvalue weighted by Crippen LogP contribution is -2.24. The first-order valence-corrected chi connectivity index (χ1v) is 4.85. The van der Waals surface area contributed by atoms with Crippen molar-refractivity contribution >= 4 is 16.9 Å². The summed E-state index contributed by atoms with van der Waals surface area (Å²) in [4.78, 5) is 25.7. The summed E-state index contributed by atoms with van der Waals surface area (Å²) < 4.78 is 1.38. The Kier molecular flexibility index (Phi) is 2.68. The van der Waals surface area contributed by atoms with Crippen LogP contribution in [-0.4, -0.2) is 20.6 Å². The van der Waals surface area contributed by atoms with Crippen LogP contribution in [0.3, 0.4) is 0 Å². The Labute approximate surface area is 91.0 Å². The topological polar surface area (TPSA) is 72.2 Å². The summed E-state index contributed by atoms with van der Waals surface area (Å²) in [5.74, 6) is -0.931. The second kappa shape index (κ2) is 4.14. The number of aromatic nitrogens is 2. The Morgan fingerprint density at radius 3 is 2.88 bits per heavy atom. The molecule has 0 saturated carbocycles. The molecule has 82 valence electrons. The molecule has 0 saturated heterocycles. The third-order valence-electron chi connectivity index (χ3n) is 2.32. The van der Waals surface area contributed by atoms with Gasteiger partial charge in [0.05, 0.1) is 11.9 Å². The smallest absolute Gasteiger partial charge is 0.348 e. The van der Waals surface area contributed by atoms with Crippen LogP contribution in [0.15, 0.2) is 35.3 Å². The van der Waals surface area contributed by atoms with Crippen molar-refractivity contribution in [3.8, 4) is 0 Å². The molecule has 5 nitrogen and oxygen atoms in total. The molecule has 1 N–H and O–H groups in total. The van der Waals surface area contributed by atoms with Crippen LogP contribution in [0.1, 0.15) is 6.42 Å². The van der Waals surface area contributed by atoms with E-state index < -0.39 is 11.7 Å². The fourth-order valence-corrected chi connectivity index (χ4v) is 1.56. The zero-order valence-corrected chi connectivity index (χ0v) is 8.46. The van der Waals surface area contributed by atoms with E-state index in [9.17, 15) is 9.59 Å². The third kappa shape index (κ3) is 1.93. The Morgan fingerprint density at radius 2 is 2.12 bits per heavy atom. The molecule has 0 aliphatic rings. The number of rotatable bonds is 3. The van der Waals surface area contributed by atoms with Gasteiger partial charge in [-0.25, -0.2) is 9.78 Å². The van der Waals surface area contributed by atoms with E-state index in [1.807, 2.05) is 12.1 Å². The number of hydrogen-bond acceptors (Lipinski definition) is 3. The van der Waals surface area contributed by atoms with Gasteiger partial charge < -0.3 is 5.11 Å². The summed E-state index contributed by atoms with van der Waals surface area (Å²) in [5, 5.41) is 9.43. The summed E-state index contributed by atoms with van der Waals surface area (Å²) in [6.07, 6.45) is 1.41. The molecule has 2 aromatic rings. The van der Waals surface area contributed by atoms with E-state index in [0.29, 0.717) is 5.52 Å². The first-order chi connectivity index (χ1) is 7.68. The summed E-state index contributed by atoms with van der Waals surface area (Å²) >= 11 is 0. The van der Waals surface area contributed by atoms with Gasteiger partial charge in [-0.3, -0.25) is 9.36 Å². The average molecular weight is 218 g/mol. The van der Waals surface area contributed by atoms with Gasteiger partial charge in [0.2, 0.25) is 0 Å². The van der Waals surface area contributed by atoms with E-state index in [-0.39, 0.29) is 13.0 Å². The first kappa shape index (κ1) is 10.4. The second-order valence-corrected chi connectivity index (χ2v) is 3.39. The second-order valence-electron chi connectivity index (χ2n) is 3.39. The summed E-state index contributed by atoms with van der Waals surface area (Å²) in [6.45, 7) is 0.141. The lowest BCUT2D eigenvalue weighted by atomic mass is 10.2. The van der Waals surface area contributed by atoms with Crippen LogP contribution in [-0.2, 0) is 11.3 Å². The van der Waals surface area contributed by atoms with Crippen molar-refractivity contribution in [3.05, 3.63) is 40.9 Å². The highest BCUT2D eigenvalue weighted by molar-refractivity contribution is 5.78. The van der Waals surface area contributed by atoms with Crippen LogP contribution in [0.2, 0.25) is 0 Å². The molecule has 0 spiro atoms. The van der Waals surface area contributed by atoms with Crippen LogP contribution in [0, 0.1) is 0 Å². The van der Waals surface area contributed by atoms with E-state index in [0.717, 1.165) is 5.39 Å². The van der Waals surface area contributed by atoms with Gasteiger partial charge in [-0.2, -0.15) is 0 Å². The van der Waals surface area contributed by atoms with Crippen LogP contribution >= 0.6 is 0 Å². The minimum atomic E-state index is -0.931. The van der Waals surface area contributed by atoms with Gasteiger partial charge in [-0.15, -0.1) is 0 Å². The number of aryl methyl sites for hydroxylation is 1. The molecule has 0 aliphatic heterocycles. The fourth-order valence-electron chi connectivity index (χ4n) is 1.56. The lowest BCUT2D eigenvalue weighted by Gasteiger charge is -2.06. The Hall–Kier alpha value is -2.17. The highest BCUT2D eigenvalue weighted by Crippen LogP contribution is 2.09. The fraction of sp³-hybridized carbons (Fsp3) is 0.182. The number of fused-ring (bicyclic) bond motifs is 1. The predicted octanol–water partition coefficient (Wildman–Crippen LogP) is 0.871. The number of nitrogens with zero attached hydrogens (tertiary/aromatic N) is 2. The lowest BCUT2D eigenvalue weighted by molar-refractivity contribution is -0.137. The van der Waals surface area contributed by atoms with E-state index in [1.54, 1.807) is 12.1 Å². The van der Waals surface area contributed by atoms with Gasteiger partial charge in [-0.1, -0.05) is 18.2 Å². The maximum Gasteiger partial charge on any atom is 0.348 e. The van der Waals surface area contributed by atoms with Crippen LogP contribution in [0.25, 0.3) is 10.9 Å². The maximum atomic E-state index is 11.5. The number of carboxylic acid groups (broad SMARTS) is 1. The minimum absolute atomic E-state index is 0.0877. The van der Waals surface area contributed by atoms with Crippen LogP contribution in [0.4, 0.5) is 0 Å². The maximum absolute atomic E-state index is 11.5. The standard InChI is InChI=1S/C11H10N2O3/c14-10(15)5-6-13-9-4-2-1-3-8(9)7-12-11(13)16/h1-4,7H,5-6H2,(H,14,15). The highest BCUT2D eigenvalue weighted by atomic mass is 16.4. The monoisotopic (exact) mass is 218 g/mol. The zero-order chi connectivity index (χ0) is 11.5. The van der Waals surface area contributed by atoms with E-state index >= 15 is 0 Å². The number of para-hydroxylation sites is 1. The molecule has 5 heteroatoms. The van der Waals surface area contributed by atoms with Gasteiger partial charge in [0.15, 0.2) is 0 Å². The molecule has 1 heterocycles. The van der Waals surface area contributed by atoms with Gasteiger partial charge in [0, 0.05) is 18.1 Å². The highest BCUT2D eigenvalue weighted by Gasteiger charge is 2.05. The number of carboxylic acids is 1. The van der Waals surface area contributed by atoms with E-state index in [2.05, 4.69) is 4.98 Å². The minimum Gasteiger partial charge on any atom is -0.481 e. The zero-order valence-electron chi connectivity index (χ0n) is 8.46. The SMILES string of the molecule is O=C(O)CCn1c(=O)ncc2ccccc21. The molecule has 16 heavy (non-hydrogen) atoms. The van der Waals surface area contributed by atoms with E-state index in [4.69, 9.17) is 5.11 Å². The summed E-state index contributed by atoms with van der Waals surface area (Å²) in [6, 6.07) is 7.26.